The predicted octanol–water partition coefficient (Wildman–Crippen LogP) is 6.77. The number of fused-ring (bicyclic) bond motifs is 2. The quantitative estimate of drug-likeness (QED) is 0.106. The normalized spacial score (nSPS) is 19.2. The molecule has 0 aliphatic carbocycles. The molecule has 3 aliphatic heterocycles. The SMILES string of the molecule is COC(C)c1ncc(N2CCN3CCOC[C@@H]3C2)cc1-c1c(CC(C)(C)COC(C)=O)c2cc(-c3csc(CC(NC(=O)OC(C)(C)C)C(=O)N4CCC[C@@H](C(=O)O)N4)n3)ccc2n1CC(F)(F)F. The van der Waals surface area contributed by atoms with Crippen LogP contribution in [0.4, 0.5) is 23.7 Å². The summed E-state index contributed by atoms with van der Waals surface area (Å²) < 4.78 is 68.8. The van der Waals surface area contributed by atoms with Gasteiger partial charge in [0.25, 0.3) is 5.91 Å². The van der Waals surface area contributed by atoms with E-state index in [1.54, 1.807) is 51.4 Å². The van der Waals surface area contributed by atoms with Crippen molar-refractivity contribution in [3.8, 4) is 22.5 Å². The first-order valence-electron chi connectivity index (χ1n) is 23.2. The second kappa shape index (κ2) is 20.9. The molecule has 2 amide bonds. The van der Waals surface area contributed by atoms with Crippen LogP contribution in [-0.4, -0.2) is 143 Å². The van der Waals surface area contributed by atoms with Crippen LogP contribution in [0.5, 0.6) is 0 Å². The van der Waals surface area contributed by atoms with E-state index < -0.39 is 65.9 Å². The Kier molecular flexibility index (Phi) is 15.6. The van der Waals surface area contributed by atoms with E-state index in [1.165, 1.54) is 34.9 Å². The summed E-state index contributed by atoms with van der Waals surface area (Å²) in [6.07, 6.45) is -3.47. The number of hydrogen-bond donors (Lipinski definition) is 3. The Hall–Kier alpha value is -5.35. The first-order chi connectivity index (χ1) is 32.5. The predicted molar refractivity (Wildman–Crippen MR) is 253 cm³/mol. The Labute approximate surface area is 403 Å². The van der Waals surface area contributed by atoms with Crippen molar-refractivity contribution < 1.29 is 56.4 Å². The highest BCUT2D eigenvalue weighted by atomic mass is 32.1. The van der Waals surface area contributed by atoms with E-state index in [1.807, 2.05) is 26.0 Å². The van der Waals surface area contributed by atoms with E-state index in [0.717, 1.165) is 18.8 Å². The van der Waals surface area contributed by atoms with Gasteiger partial charge in [0.2, 0.25) is 0 Å². The third-order valence-corrected chi connectivity index (χ3v) is 13.4. The first kappa shape index (κ1) is 51.5. The smallest absolute Gasteiger partial charge is 0.408 e. The van der Waals surface area contributed by atoms with E-state index in [-0.39, 0.29) is 32.0 Å². The number of esters is 1. The fraction of sp³-hybridized carbons (Fsp3) is 0.583. The molecule has 17 nitrogen and oxygen atoms in total. The number of alkyl halides is 3. The molecule has 3 fully saturated rings. The van der Waals surface area contributed by atoms with Crippen LogP contribution in [0.25, 0.3) is 33.4 Å². The van der Waals surface area contributed by atoms with Gasteiger partial charge in [-0.15, -0.1) is 11.3 Å². The average Bonchev–Trinajstić information content (AvgIpc) is 3.87. The summed E-state index contributed by atoms with van der Waals surface area (Å²) in [7, 11) is 1.53. The number of carbonyl (C=O) groups is 4. The number of thiazole rings is 1. The van der Waals surface area contributed by atoms with Crippen LogP contribution in [0.3, 0.4) is 0 Å². The molecule has 4 aromatic rings. The summed E-state index contributed by atoms with van der Waals surface area (Å²) in [6, 6.07) is 5.05. The largest absolute Gasteiger partial charge is 0.480 e. The maximum Gasteiger partial charge on any atom is 0.408 e. The minimum atomic E-state index is -4.64. The highest BCUT2D eigenvalue weighted by molar-refractivity contribution is 7.10. The number of piperazine rings is 1. The number of methoxy groups -OCH3 is 1. The number of carboxylic acids is 1. The molecule has 0 bridgehead atoms. The van der Waals surface area contributed by atoms with Gasteiger partial charge in [0.15, 0.2) is 0 Å². The number of ether oxygens (including phenoxy) is 4. The van der Waals surface area contributed by atoms with Crippen molar-refractivity contribution in [2.45, 2.75) is 117 Å². The summed E-state index contributed by atoms with van der Waals surface area (Å²) in [5.74, 6) is -2.17. The van der Waals surface area contributed by atoms with Crippen LogP contribution in [-0.2, 0) is 52.7 Å². The zero-order valence-corrected chi connectivity index (χ0v) is 41.2. The lowest BCUT2D eigenvalue weighted by Gasteiger charge is -2.44. The fourth-order valence-corrected chi connectivity index (χ4v) is 10.0. The lowest BCUT2D eigenvalue weighted by atomic mass is 9.84. The lowest BCUT2D eigenvalue weighted by Crippen LogP contribution is -2.60. The second-order valence-electron chi connectivity index (χ2n) is 19.8. The Bertz CT molecular complexity index is 2520. The number of carbonyl (C=O) groups excluding carboxylic acids is 3. The molecule has 7 rings (SSSR count). The van der Waals surface area contributed by atoms with Gasteiger partial charge in [0.1, 0.15) is 24.2 Å². The van der Waals surface area contributed by atoms with Crippen molar-refractivity contribution in [2.24, 2.45) is 5.41 Å². The van der Waals surface area contributed by atoms with Crippen molar-refractivity contribution >= 4 is 51.9 Å². The molecular formula is C48H63F3N8O9S. The van der Waals surface area contributed by atoms with Crippen LogP contribution in [0.15, 0.2) is 35.8 Å². The number of amides is 2. The number of halogens is 3. The molecule has 0 saturated carbocycles. The number of benzene rings is 1. The molecule has 0 spiro atoms. The van der Waals surface area contributed by atoms with Crippen molar-refractivity contribution in [1.82, 2.24) is 35.2 Å². The van der Waals surface area contributed by atoms with E-state index in [4.69, 9.17) is 28.9 Å². The fourth-order valence-electron chi connectivity index (χ4n) is 9.16. The van der Waals surface area contributed by atoms with E-state index in [2.05, 4.69) is 20.5 Å². The minimum absolute atomic E-state index is 0.00264. The third kappa shape index (κ3) is 12.7. The number of hydrazine groups is 1. The molecule has 3 aliphatic rings. The Balaban J connectivity index is 1.33. The number of anilines is 1. The molecule has 2 unspecified atom stereocenters. The summed E-state index contributed by atoms with van der Waals surface area (Å²) in [5, 5.41) is 16.3. The highest BCUT2D eigenvalue weighted by Gasteiger charge is 2.37. The zero-order chi connectivity index (χ0) is 50.0. The average molecular weight is 985 g/mol. The number of aromatic nitrogens is 3. The number of alkyl carbamates (subject to hydrolysis) is 1. The Morgan fingerprint density at radius 1 is 1.07 bits per heavy atom. The summed E-state index contributed by atoms with van der Waals surface area (Å²) in [4.78, 5) is 65.3. The zero-order valence-electron chi connectivity index (χ0n) is 40.4. The van der Waals surface area contributed by atoms with Gasteiger partial charge < -0.3 is 38.8 Å². The Morgan fingerprint density at radius 3 is 2.54 bits per heavy atom. The van der Waals surface area contributed by atoms with Gasteiger partial charge >= 0.3 is 24.2 Å². The van der Waals surface area contributed by atoms with Crippen LogP contribution in [0.1, 0.15) is 83.7 Å². The number of pyridine rings is 1. The van der Waals surface area contributed by atoms with Gasteiger partial charge in [0.05, 0.1) is 65.9 Å². The van der Waals surface area contributed by atoms with Crippen LogP contribution in [0, 0.1) is 5.41 Å². The molecule has 376 valence electrons. The number of morpholine rings is 1. The van der Waals surface area contributed by atoms with Crippen LogP contribution in [0.2, 0.25) is 0 Å². The van der Waals surface area contributed by atoms with Gasteiger partial charge in [-0.25, -0.2) is 15.2 Å². The number of hydrogen-bond acceptors (Lipinski definition) is 14. The molecule has 21 heteroatoms. The lowest BCUT2D eigenvalue weighted by molar-refractivity contribution is -0.148. The van der Waals surface area contributed by atoms with Gasteiger partial charge in [0, 0.05) is 86.0 Å². The first-order valence-corrected chi connectivity index (χ1v) is 24.1. The highest BCUT2D eigenvalue weighted by Crippen LogP contribution is 2.44. The topological polar surface area (TPSA) is 190 Å². The molecule has 1 aromatic carbocycles. The molecule has 4 atom stereocenters. The summed E-state index contributed by atoms with van der Waals surface area (Å²) in [5.41, 5.74) is 5.07. The molecule has 6 heterocycles. The number of nitrogens with one attached hydrogen (secondary N) is 2. The standard InChI is InChI=1S/C48H63F3N8O9S/c1-28(65-8)41-34(19-31(22-52-41)57-15-14-56-16-17-66-24-32(56)23-57)42-35(21-47(6,7)27-67-29(2)60)33-18-30(11-12-39(33)58(42)26-48(49,50)51)38-25-69-40(53-38)20-37(54-45(64)68-46(3,4)5)43(61)59-13-9-10-36(55-59)44(62)63/h11-12,18-19,22,25,28,32,36-37,55H,9-10,13-17,20-21,23-24,26-27H2,1-8H3,(H,54,64)(H,62,63)/t28?,32-,36-,37?/m0/s1. The number of aliphatic carboxylic acids is 1. The summed E-state index contributed by atoms with van der Waals surface area (Å²) in [6.45, 7) is 15.1. The van der Waals surface area contributed by atoms with E-state index in [9.17, 15) is 37.5 Å². The third-order valence-electron chi connectivity index (χ3n) is 12.5. The van der Waals surface area contributed by atoms with E-state index >= 15 is 0 Å². The second-order valence-corrected chi connectivity index (χ2v) is 20.7. The monoisotopic (exact) mass is 984 g/mol. The maximum atomic E-state index is 15.0. The van der Waals surface area contributed by atoms with Crippen molar-refractivity contribution in [3.63, 3.8) is 0 Å². The minimum Gasteiger partial charge on any atom is -0.480 e. The van der Waals surface area contributed by atoms with Gasteiger partial charge in [-0.3, -0.25) is 29.3 Å². The van der Waals surface area contributed by atoms with Crippen LogP contribution >= 0.6 is 11.3 Å². The summed E-state index contributed by atoms with van der Waals surface area (Å²) >= 11 is 1.23. The molecule has 0 radical (unpaired) electrons. The Morgan fingerprint density at radius 2 is 1.84 bits per heavy atom. The number of nitrogens with zero attached hydrogens (tertiary/aromatic N) is 6. The van der Waals surface area contributed by atoms with E-state index in [0.29, 0.717) is 88.8 Å². The van der Waals surface area contributed by atoms with Gasteiger partial charge in [-0.2, -0.15) is 13.2 Å². The van der Waals surface area contributed by atoms with Crippen LogP contribution < -0.4 is 15.6 Å². The number of carboxylic acid groups (broad SMARTS) is 1. The molecule has 3 saturated heterocycles. The van der Waals surface area contributed by atoms with Gasteiger partial charge in [-0.1, -0.05) is 19.9 Å². The number of rotatable bonds is 15. The van der Waals surface area contributed by atoms with Crippen molar-refractivity contribution in [2.75, 3.05) is 64.6 Å². The van der Waals surface area contributed by atoms with Crippen molar-refractivity contribution in [1.29, 1.82) is 0 Å². The molecule has 69 heavy (non-hydrogen) atoms. The maximum absolute atomic E-state index is 15.0. The van der Waals surface area contributed by atoms with Gasteiger partial charge in [-0.05, 0) is 70.7 Å². The molecule has 3 aromatic heterocycles. The molecular weight excluding hydrogens is 922 g/mol. The molecule has 3 N–H and O–H groups in total. The van der Waals surface area contributed by atoms with Crippen molar-refractivity contribution in [3.05, 3.63) is 52.1 Å².